The van der Waals surface area contributed by atoms with Crippen LogP contribution in [0.1, 0.15) is 34.2 Å². The molecule has 1 amide bonds. The van der Waals surface area contributed by atoms with Crippen LogP contribution >= 0.6 is 0 Å². The molecule has 2 N–H and O–H groups in total. The summed E-state index contributed by atoms with van der Waals surface area (Å²) in [5.41, 5.74) is 4.51. The van der Waals surface area contributed by atoms with Crippen LogP contribution in [-0.4, -0.2) is 30.4 Å². The van der Waals surface area contributed by atoms with E-state index in [1.807, 2.05) is 54.1 Å². The molecule has 0 atom stereocenters. The van der Waals surface area contributed by atoms with E-state index in [4.69, 9.17) is 0 Å². The summed E-state index contributed by atoms with van der Waals surface area (Å²) < 4.78 is 29.8. The fourth-order valence-corrected chi connectivity index (χ4v) is 5.16. The van der Waals surface area contributed by atoms with E-state index in [9.17, 15) is 13.2 Å². The lowest BCUT2D eigenvalue weighted by molar-refractivity contribution is -0.121. The van der Waals surface area contributed by atoms with E-state index in [1.54, 1.807) is 26.4 Å². The number of nitrogens with zero attached hydrogens (tertiary/aromatic N) is 2. The number of carbonyl (C=O) groups is 1. The van der Waals surface area contributed by atoms with Gasteiger partial charge in [-0.05, 0) is 43.0 Å². The maximum absolute atomic E-state index is 12.7. The average Bonchev–Trinajstić information content (AvgIpc) is 3.18. The van der Waals surface area contributed by atoms with Crippen LogP contribution in [0.5, 0.6) is 0 Å². The third-order valence-corrected chi connectivity index (χ3v) is 6.69. The van der Waals surface area contributed by atoms with Gasteiger partial charge in [-0.25, -0.2) is 18.1 Å². The molecule has 3 aromatic rings. The van der Waals surface area contributed by atoms with Crippen LogP contribution in [0.2, 0.25) is 0 Å². The Balaban J connectivity index is 1.50. The highest BCUT2D eigenvalue weighted by Crippen LogP contribution is 2.21. The Hall–Kier alpha value is -2.97. The molecular weight excluding hydrogens is 412 g/mol. The van der Waals surface area contributed by atoms with Crippen molar-refractivity contribution in [2.45, 2.75) is 45.2 Å². The maximum Gasteiger partial charge on any atom is 0.241 e. The minimum atomic E-state index is -3.67. The summed E-state index contributed by atoms with van der Waals surface area (Å²) in [5.74, 6) is -0.208. The van der Waals surface area contributed by atoms with Crippen LogP contribution in [0.4, 0.5) is 0 Å². The van der Waals surface area contributed by atoms with Gasteiger partial charge in [0.15, 0.2) is 0 Å². The van der Waals surface area contributed by atoms with Gasteiger partial charge < -0.3 is 9.88 Å². The van der Waals surface area contributed by atoms with Crippen molar-refractivity contribution in [3.05, 3.63) is 82.9 Å². The summed E-state index contributed by atoms with van der Waals surface area (Å²) >= 11 is 0. The van der Waals surface area contributed by atoms with E-state index in [0.717, 1.165) is 16.7 Å². The van der Waals surface area contributed by atoms with Crippen molar-refractivity contribution in [3.8, 4) is 0 Å². The second kappa shape index (κ2) is 9.89. The fourth-order valence-electron chi connectivity index (χ4n) is 3.68. The van der Waals surface area contributed by atoms with Crippen LogP contribution in [-0.2, 0) is 27.9 Å². The highest BCUT2D eigenvalue weighted by Gasteiger charge is 2.19. The summed E-state index contributed by atoms with van der Waals surface area (Å²) in [6.45, 7) is 6.63. The number of nitrogens with one attached hydrogen (secondary N) is 2. The lowest BCUT2D eigenvalue weighted by Crippen LogP contribution is -2.31. The van der Waals surface area contributed by atoms with Crippen molar-refractivity contribution in [2.75, 3.05) is 6.54 Å². The summed E-state index contributed by atoms with van der Waals surface area (Å²) in [7, 11) is -3.67. The molecule has 164 valence electrons. The van der Waals surface area contributed by atoms with Gasteiger partial charge in [-0.3, -0.25) is 4.79 Å². The standard InChI is InChI=1S/C23H28N4O3S/c1-17-11-18(2)23(19(3)12-17)31(29,30)26-8-7-22(28)25-14-20-5-4-6-21(13-20)15-27-10-9-24-16-27/h4-6,9-13,16,26H,7-8,14-15H2,1-3H3,(H,25,28). The Bertz CT molecular complexity index is 1130. The second-order valence-electron chi connectivity index (χ2n) is 7.71. The molecule has 0 saturated heterocycles. The monoisotopic (exact) mass is 440 g/mol. The Morgan fingerprint density at radius 3 is 2.45 bits per heavy atom. The van der Waals surface area contributed by atoms with Crippen molar-refractivity contribution in [3.63, 3.8) is 0 Å². The number of imidazole rings is 1. The zero-order chi connectivity index (χ0) is 22.4. The zero-order valence-electron chi connectivity index (χ0n) is 18.1. The fraction of sp³-hybridized carbons (Fsp3) is 0.304. The summed E-state index contributed by atoms with van der Waals surface area (Å²) in [6, 6.07) is 11.6. The predicted molar refractivity (Wildman–Crippen MR) is 120 cm³/mol. The molecule has 31 heavy (non-hydrogen) atoms. The van der Waals surface area contributed by atoms with Gasteiger partial charge in [-0.2, -0.15) is 0 Å². The number of hydrogen-bond donors (Lipinski definition) is 2. The van der Waals surface area contributed by atoms with Gasteiger partial charge in [-0.1, -0.05) is 42.0 Å². The number of benzene rings is 2. The first-order chi connectivity index (χ1) is 14.7. The molecule has 0 fully saturated rings. The van der Waals surface area contributed by atoms with Crippen molar-refractivity contribution >= 4 is 15.9 Å². The molecule has 7 nitrogen and oxygen atoms in total. The van der Waals surface area contributed by atoms with Crippen molar-refractivity contribution in [1.82, 2.24) is 19.6 Å². The topological polar surface area (TPSA) is 93.1 Å². The Morgan fingerprint density at radius 1 is 1.06 bits per heavy atom. The van der Waals surface area contributed by atoms with E-state index in [-0.39, 0.29) is 23.8 Å². The highest BCUT2D eigenvalue weighted by molar-refractivity contribution is 7.89. The molecule has 0 aliphatic carbocycles. The summed E-state index contributed by atoms with van der Waals surface area (Å²) in [5, 5.41) is 2.85. The molecule has 0 saturated carbocycles. The molecule has 0 aliphatic heterocycles. The number of carbonyl (C=O) groups excluding carboxylic acids is 1. The van der Waals surface area contributed by atoms with Gasteiger partial charge in [0.1, 0.15) is 0 Å². The molecule has 8 heteroatoms. The number of rotatable bonds is 9. The Morgan fingerprint density at radius 2 is 1.77 bits per heavy atom. The number of aromatic nitrogens is 2. The molecular formula is C23H28N4O3S. The van der Waals surface area contributed by atoms with Crippen LogP contribution in [0.25, 0.3) is 0 Å². The van der Waals surface area contributed by atoms with Crippen LogP contribution in [0, 0.1) is 20.8 Å². The first kappa shape index (κ1) is 22.7. The van der Waals surface area contributed by atoms with Gasteiger partial charge in [0.2, 0.25) is 15.9 Å². The van der Waals surface area contributed by atoms with E-state index in [2.05, 4.69) is 15.0 Å². The largest absolute Gasteiger partial charge is 0.352 e. The van der Waals surface area contributed by atoms with Gasteiger partial charge in [-0.15, -0.1) is 0 Å². The molecule has 0 radical (unpaired) electrons. The minimum Gasteiger partial charge on any atom is -0.352 e. The van der Waals surface area contributed by atoms with Crippen molar-refractivity contribution < 1.29 is 13.2 Å². The van der Waals surface area contributed by atoms with E-state index in [1.165, 1.54) is 0 Å². The molecule has 0 bridgehead atoms. The third kappa shape index (κ3) is 6.26. The Kier molecular flexibility index (Phi) is 7.25. The molecule has 1 aromatic heterocycles. The highest BCUT2D eigenvalue weighted by atomic mass is 32.2. The van der Waals surface area contributed by atoms with Crippen LogP contribution in [0.15, 0.2) is 60.0 Å². The normalized spacial score (nSPS) is 11.5. The Labute approximate surface area is 183 Å². The van der Waals surface area contributed by atoms with Gasteiger partial charge in [0.05, 0.1) is 11.2 Å². The summed E-state index contributed by atoms with van der Waals surface area (Å²) in [4.78, 5) is 16.5. The smallest absolute Gasteiger partial charge is 0.241 e. The van der Waals surface area contributed by atoms with E-state index in [0.29, 0.717) is 24.2 Å². The first-order valence-corrected chi connectivity index (χ1v) is 11.6. The van der Waals surface area contributed by atoms with Crippen LogP contribution in [0.3, 0.4) is 0 Å². The van der Waals surface area contributed by atoms with Crippen molar-refractivity contribution in [1.29, 1.82) is 0 Å². The average molecular weight is 441 g/mol. The minimum absolute atomic E-state index is 0.0432. The molecule has 0 spiro atoms. The predicted octanol–water partition coefficient (Wildman–Crippen LogP) is 2.84. The zero-order valence-corrected chi connectivity index (χ0v) is 18.9. The maximum atomic E-state index is 12.7. The van der Waals surface area contributed by atoms with Crippen LogP contribution < -0.4 is 10.0 Å². The molecule has 1 heterocycles. The first-order valence-electron chi connectivity index (χ1n) is 10.1. The SMILES string of the molecule is Cc1cc(C)c(S(=O)(=O)NCCC(=O)NCc2cccc(Cn3ccnc3)c2)c(C)c1. The number of aryl methyl sites for hydroxylation is 3. The third-order valence-electron chi connectivity index (χ3n) is 4.92. The second-order valence-corrected chi connectivity index (χ2v) is 9.41. The number of hydrogen-bond acceptors (Lipinski definition) is 4. The lowest BCUT2D eigenvalue weighted by Gasteiger charge is -2.13. The molecule has 0 unspecified atom stereocenters. The van der Waals surface area contributed by atoms with Gasteiger partial charge >= 0.3 is 0 Å². The molecule has 3 rings (SSSR count). The van der Waals surface area contributed by atoms with E-state index < -0.39 is 10.0 Å². The lowest BCUT2D eigenvalue weighted by atomic mass is 10.1. The van der Waals surface area contributed by atoms with Crippen molar-refractivity contribution in [2.24, 2.45) is 0 Å². The molecule has 0 aliphatic rings. The summed E-state index contributed by atoms with van der Waals surface area (Å²) in [6.07, 6.45) is 5.46. The quantitative estimate of drug-likeness (QED) is 0.535. The number of amides is 1. The number of sulfonamides is 1. The molecule has 2 aromatic carbocycles. The van der Waals surface area contributed by atoms with Gasteiger partial charge in [0.25, 0.3) is 0 Å². The van der Waals surface area contributed by atoms with Gasteiger partial charge in [0, 0.05) is 38.4 Å². The van der Waals surface area contributed by atoms with E-state index >= 15 is 0 Å².